The first-order valence-electron chi connectivity index (χ1n) is 6.45. The van der Waals surface area contributed by atoms with Crippen LogP contribution >= 0.6 is 0 Å². The topological polar surface area (TPSA) is 75.1 Å². The summed E-state index contributed by atoms with van der Waals surface area (Å²) in [7, 11) is 0. The Morgan fingerprint density at radius 1 is 1.35 bits per heavy atom. The van der Waals surface area contributed by atoms with Gasteiger partial charge in [0.15, 0.2) is 0 Å². The van der Waals surface area contributed by atoms with Crippen molar-refractivity contribution < 1.29 is 9.90 Å². The van der Waals surface area contributed by atoms with Crippen LogP contribution in [0.3, 0.4) is 0 Å². The predicted octanol–water partition coefficient (Wildman–Crippen LogP) is 2.91. The Morgan fingerprint density at radius 3 is 2.75 bits per heavy atom. The summed E-state index contributed by atoms with van der Waals surface area (Å²) in [5.74, 6) is -0.223. The first kappa shape index (κ1) is 14.0. The maximum atomic E-state index is 11.1. The number of nitrogens with one attached hydrogen (secondary N) is 1. The number of carboxylic acids is 1. The van der Waals surface area contributed by atoms with E-state index in [4.69, 9.17) is 5.11 Å². The van der Waals surface area contributed by atoms with E-state index in [1.54, 1.807) is 12.3 Å². The molecule has 5 heteroatoms. The van der Waals surface area contributed by atoms with Crippen molar-refractivity contribution in [3.63, 3.8) is 0 Å². The molecule has 0 aliphatic heterocycles. The molecule has 20 heavy (non-hydrogen) atoms. The molecule has 0 saturated carbocycles. The summed E-state index contributed by atoms with van der Waals surface area (Å²) in [5, 5.41) is 12.2. The largest absolute Gasteiger partial charge is 0.478 e. The summed E-state index contributed by atoms with van der Waals surface area (Å²) < 4.78 is 0. The van der Waals surface area contributed by atoms with Crippen LogP contribution in [0.1, 0.15) is 41.5 Å². The number of carboxylic acid groups (broad SMARTS) is 1. The van der Waals surface area contributed by atoms with E-state index in [1.165, 1.54) is 6.07 Å². The van der Waals surface area contributed by atoms with Crippen LogP contribution in [0.25, 0.3) is 0 Å². The molecule has 0 atom stereocenters. The fraction of sp³-hybridized carbons (Fsp3) is 0.267. The number of nitrogens with zero attached hydrogens (tertiary/aromatic N) is 2. The van der Waals surface area contributed by atoms with Crippen LogP contribution in [0, 0.1) is 0 Å². The highest BCUT2D eigenvalue weighted by Gasteiger charge is 2.10. The van der Waals surface area contributed by atoms with E-state index in [9.17, 15) is 4.79 Å². The Kier molecular flexibility index (Phi) is 4.30. The lowest BCUT2D eigenvalue weighted by molar-refractivity contribution is 0.0696. The molecule has 0 saturated heterocycles. The van der Waals surface area contributed by atoms with Gasteiger partial charge in [-0.25, -0.2) is 9.78 Å². The number of aromatic nitrogens is 2. The molecule has 5 nitrogen and oxygen atoms in total. The third-order valence-electron chi connectivity index (χ3n) is 2.86. The second-order valence-corrected chi connectivity index (χ2v) is 4.80. The molecular weight excluding hydrogens is 254 g/mol. The molecular formula is C15H17N3O2. The van der Waals surface area contributed by atoms with E-state index in [0.29, 0.717) is 12.4 Å². The quantitative estimate of drug-likeness (QED) is 0.874. The summed E-state index contributed by atoms with van der Waals surface area (Å²) in [4.78, 5) is 19.8. The first-order valence-corrected chi connectivity index (χ1v) is 6.45. The Bertz CT molecular complexity index is 597. The summed E-state index contributed by atoms with van der Waals surface area (Å²) in [6, 6.07) is 8.81. The van der Waals surface area contributed by atoms with Crippen LogP contribution < -0.4 is 5.32 Å². The van der Waals surface area contributed by atoms with Crippen LogP contribution in [-0.2, 0) is 6.54 Å². The smallest absolute Gasteiger partial charge is 0.335 e. The molecule has 2 heterocycles. The van der Waals surface area contributed by atoms with Gasteiger partial charge < -0.3 is 10.4 Å². The van der Waals surface area contributed by atoms with Crippen molar-refractivity contribution in [2.24, 2.45) is 0 Å². The molecule has 0 aliphatic carbocycles. The third-order valence-corrected chi connectivity index (χ3v) is 2.86. The molecule has 0 aliphatic rings. The highest BCUT2D eigenvalue weighted by molar-refractivity contribution is 5.88. The van der Waals surface area contributed by atoms with Gasteiger partial charge in [0, 0.05) is 11.9 Å². The number of aromatic carboxylic acids is 1. The molecule has 104 valence electrons. The fourth-order valence-corrected chi connectivity index (χ4v) is 1.75. The van der Waals surface area contributed by atoms with Crippen molar-refractivity contribution in [3.8, 4) is 0 Å². The van der Waals surface area contributed by atoms with Crippen LogP contribution in [0.4, 0.5) is 5.82 Å². The Hall–Kier alpha value is -2.43. The second kappa shape index (κ2) is 6.14. The Morgan fingerprint density at radius 2 is 2.15 bits per heavy atom. The van der Waals surface area contributed by atoms with Crippen molar-refractivity contribution in [2.45, 2.75) is 26.3 Å². The van der Waals surface area contributed by atoms with Gasteiger partial charge in [0.1, 0.15) is 5.82 Å². The third kappa shape index (κ3) is 3.54. The van der Waals surface area contributed by atoms with Crippen molar-refractivity contribution in [2.75, 3.05) is 5.32 Å². The van der Waals surface area contributed by atoms with Gasteiger partial charge in [-0.05, 0) is 30.2 Å². The molecule has 2 aromatic rings. The summed E-state index contributed by atoms with van der Waals surface area (Å²) in [6.07, 6.45) is 1.72. The zero-order chi connectivity index (χ0) is 14.5. The van der Waals surface area contributed by atoms with Gasteiger partial charge in [0.25, 0.3) is 0 Å². The Labute approximate surface area is 117 Å². The maximum absolute atomic E-state index is 11.1. The maximum Gasteiger partial charge on any atom is 0.335 e. The average Bonchev–Trinajstić information content (AvgIpc) is 2.45. The van der Waals surface area contributed by atoms with Gasteiger partial charge in [-0.3, -0.25) is 4.98 Å². The molecule has 0 bridgehead atoms. The average molecular weight is 271 g/mol. The molecule has 2 rings (SSSR count). The van der Waals surface area contributed by atoms with Gasteiger partial charge in [-0.1, -0.05) is 19.9 Å². The van der Waals surface area contributed by atoms with Crippen molar-refractivity contribution in [1.29, 1.82) is 0 Å². The van der Waals surface area contributed by atoms with Crippen LogP contribution in [0.2, 0.25) is 0 Å². The molecule has 0 unspecified atom stereocenters. The minimum Gasteiger partial charge on any atom is -0.478 e. The minimum absolute atomic E-state index is 0.171. The van der Waals surface area contributed by atoms with Crippen molar-refractivity contribution in [3.05, 3.63) is 53.5 Å². The number of hydrogen-bond donors (Lipinski definition) is 2. The lowest BCUT2D eigenvalue weighted by atomic mass is 10.1. The zero-order valence-electron chi connectivity index (χ0n) is 11.5. The molecule has 0 spiro atoms. The molecule has 0 aromatic carbocycles. The number of anilines is 1. The highest BCUT2D eigenvalue weighted by atomic mass is 16.4. The zero-order valence-corrected chi connectivity index (χ0v) is 11.5. The van der Waals surface area contributed by atoms with Crippen molar-refractivity contribution >= 4 is 11.8 Å². The lowest BCUT2D eigenvalue weighted by Gasteiger charge is -2.11. The first-order chi connectivity index (χ1) is 9.56. The van der Waals surface area contributed by atoms with E-state index in [2.05, 4.69) is 15.3 Å². The number of rotatable bonds is 5. The van der Waals surface area contributed by atoms with Crippen LogP contribution in [0.15, 0.2) is 36.5 Å². The molecule has 2 aromatic heterocycles. The normalized spacial score (nSPS) is 10.6. The molecule has 2 N–H and O–H groups in total. The standard InChI is InChI=1S/C15H17N3O2/c1-10(2)13-7-11(15(19)20)8-14(18-13)17-9-12-5-3-4-6-16-12/h3-8,10H,9H2,1-2H3,(H,17,18)(H,19,20). The number of hydrogen-bond acceptors (Lipinski definition) is 4. The van der Waals surface area contributed by atoms with Gasteiger partial charge >= 0.3 is 5.97 Å². The van der Waals surface area contributed by atoms with Crippen molar-refractivity contribution in [1.82, 2.24) is 9.97 Å². The van der Waals surface area contributed by atoms with Crippen LogP contribution in [0.5, 0.6) is 0 Å². The fourth-order valence-electron chi connectivity index (χ4n) is 1.75. The molecule has 0 radical (unpaired) electrons. The van der Waals surface area contributed by atoms with E-state index in [0.717, 1.165) is 11.4 Å². The van der Waals surface area contributed by atoms with Gasteiger partial charge in [-0.15, -0.1) is 0 Å². The van der Waals surface area contributed by atoms with Gasteiger partial charge in [0.05, 0.1) is 17.8 Å². The van der Waals surface area contributed by atoms with Gasteiger partial charge in [0.2, 0.25) is 0 Å². The number of carbonyl (C=O) groups is 1. The van der Waals surface area contributed by atoms with E-state index < -0.39 is 5.97 Å². The molecule has 0 amide bonds. The summed E-state index contributed by atoms with van der Waals surface area (Å²) in [5.41, 5.74) is 1.88. The Balaban J connectivity index is 2.20. The highest BCUT2D eigenvalue weighted by Crippen LogP contribution is 2.18. The van der Waals surface area contributed by atoms with E-state index in [-0.39, 0.29) is 11.5 Å². The van der Waals surface area contributed by atoms with E-state index >= 15 is 0 Å². The van der Waals surface area contributed by atoms with Gasteiger partial charge in [-0.2, -0.15) is 0 Å². The lowest BCUT2D eigenvalue weighted by Crippen LogP contribution is -2.08. The predicted molar refractivity (Wildman–Crippen MR) is 76.8 cm³/mol. The van der Waals surface area contributed by atoms with E-state index in [1.807, 2.05) is 32.0 Å². The SMILES string of the molecule is CC(C)c1cc(C(=O)O)cc(NCc2ccccn2)n1. The summed E-state index contributed by atoms with van der Waals surface area (Å²) in [6.45, 7) is 4.47. The monoisotopic (exact) mass is 271 g/mol. The summed E-state index contributed by atoms with van der Waals surface area (Å²) >= 11 is 0. The number of pyridine rings is 2. The second-order valence-electron chi connectivity index (χ2n) is 4.80. The van der Waals surface area contributed by atoms with Crippen LogP contribution in [-0.4, -0.2) is 21.0 Å². The minimum atomic E-state index is -0.949. The molecule has 0 fully saturated rings.